The Morgan fingerprint density at radius 3 is 2.27 bits per heavy atom. The molecule has 9 heteroatoms. The lowest BCUT2D eigenvalue weighted by Gasteiger charge is -2.08. The molecular formula is C17H18N2O6S. The van der Waals surface area contributed by atoms with Crippen molar-refractivity contribution in [1.82, 2.24) is 10.2 Å². The molecule has 138 valence electrons. The van der Waals surface area contributed by atoms with Crippen molar-refractivity contribution in [3.8, 4) is 0 Å². The number of carbonyl (C=O) groups is 2. The fourth-order valence-electron chi connectivity index (χ4n) is 1.99. The second-order valence-corrected chi connectivity index (χ2v) is 6.79. The van der Waals surface area contributed by atoms with Crippen LogP contribution in [0.4, 0.5) is 0 Å². The number of hydrogen-bond donors (Lipinski definition) is 2. The van der Waals surface area contributed by atoms with Crippen LogP contribution in [-0.4, -0.2) is 33.9 Å². The van der Waals surface area contributed by atoms with Crippen LogP contribution in [0.3, 0.4) is 0 Å². The molecule has 0 saturated heterocycles. The maximum Gasteiger partial charge on any atom is 0.325 e. The first-order valence-electron chi connectivity index (χ1n) is 7.55. The van der Waals surface area contributed by atoms with Crippen molar-refractivity contribution in [2.75, 3.05) is 13.7 Å². The summed E-state index contributed by atoms with van der Waals surface area (Å²) in [5.74, 6) is -1.10. The molecule has 8 nitrogen and oxygen atoms in total. The molecule has 0 aliphatic heterocycles. The first-order chi connectivity index (χ1) is 12.4. The summed E-state index contributed by atoms with van der Waals surface area (Å²) in [6.45, 7) is -0.175. The summed E-state index contributed by atoms with van der Waals surface area (Å²) < 4.78 is 28.5. The zero-order valence-corrected chi connectivity index (χ0v) is 14.8. The summed E-state index contributed by atoms with van der Waals surface area (Å²) in [4.78, 5) is 29.9. The normalized spacial score (nSPS) is 11.0. The van der Waals surface area contributed by atoms with Crippen LogP contribution in [0.15, 0.2) is 59.5 Å². The Labute approximate surface area is 151 Å². The molecule has 26 heavy (non-hydrogen) atoms. The molecule has 2 aromatic rings. The number of amides is 1. The zero-order valence-electron chi connectivity index (χ0n) is 14.0. The van der Waals surface area contributed by atoms with Gasteiger partial charge >= 0.3 is 5.97 Å². The summed E-state index contributed by atoms with van der Waals surface area (Å²) in [7, 11) is -2.61. The van der Waals surface area contributed by atoms with Crippen molar-refractivity contribution in [2.24, 2.45) is 0 Å². The van der Waals surface area contributed by atoms with Crippen LogP contribution in [0.25, 0.3) is 0 Å². The third-order valence-corrected chi connectivity index (χ3v) is 4.53. The molecule has 0 aliphatic rings. The molecule has 0 unspecified atom stereocenters. The van der Waals surface area contributed by atoms with Crippen molar-refractivity contribution >= 4 is 21.9 Å². The van der Waals surface area contributed by atoms with Crippen molar-refractivity contribution in [2.45, 2.75) is 11.5 Å². The van der Waals surface area contributed by atoms with Gasteiger partial charge in [-0.25, -0.2) is 8.42 Å². The van der Waals surface area contributed by atoms with Gasteiger partial charge in [-0.3, -0.25) is 14.4 Å². The Morgan fingerprint density at radius 1 is 1.00 bits per heavy atom. The highest BCUT2D eigenvalue weighted by Crippen LogP contribution is 2.10. The molecule has 0 radical (unpaired) electrons. The lowest BCUT2D eigenvalue weighted by atomic mass is 10.2. The summed E-state index contributed by atoms with van der Waals surface area (Å²) in [6.07, 6.45) is 0. The van der Waals surface area contributed by atoms with Crippen molar-refractivity contribution < 1.29 is 27.6 Å². The van der Waals surface area contributed by atoms with Gasteiger partial charge in [-0.1, -0.05) is 35.2 Å². The van der Waals surface area contributed by atoms with Crippen LogP contribution in [-0.2, 0) is 31.0 Å². The van der Waals surface area contributed by atoms with Gasteiger partial charge in [0, 0.05) is 5.56 Å². The number of rotatable bonds is 8. The molecule has 2 N–H and O–H groups in total. The smallest absolute Gasteiger partial charge is 0.325 e. The number of nitrogens with one attached hydrogen (secondary N) is 2. The minimum Gasteiger partial charge on any atom is -0.460 e. The highest BCUT2D eigenvalue weighted by Gasteiger charge is 2.15. The minimum absolute atomic E-state index is 0.0572. The van der Waals surface area contributed by atoms with E-state index in [1.54, 1.807) is 0 Å². The van der Waals surface area contributed by atoms with Gasteiger partial charge in [-0.05, 0) is 29.8 Å². The Morgan fingerprint density at radius 2 is 1.65 bits per heavy atom. The van der Waals surface area contributed by atoms with Gasteiger partial charge in [0.1, 0.15) is 13.2 Å². The Balaban J connectivity index is 1.85. The third kappa shape index (κ3) is 5.66. The lowest BCUT2D eigenvalue weighted by Crippen LogP contribution is -2.30. The fraction of sp³-hybridized carbons (Fsp3) is 0.176. The van der Waals surface area contributed by atoms with E-state index < -0.39 is 21.9 Å². The first-order valence-corrected chi connectivity index (χ1v) is 9.03. The quantitative estimate of drug-likeness (QED) is 0.524. The summed E-state index contributed by atoms with van der Waals surface area (Å²) in [6, 6.07) is 14.3. The summed E-state index contributed by atoms with van der Waals surface area (Å²) in [5, 5.41) is 2.42. The molecule has 0 heterocycles. The van der Waals surface area contributed by atoms with Crippen LogP contribution in [0.2, 0.25) is 0 Å². The van der Waals surface area contributed by atoms with E-state index in [0.29, 0.717) is 0 Å². The van der Waals surface area contributed by atoms with Crippen LogP contribution < -0.4 is 10.2 Å². The molecule has 2 aromatic carbocycles. The van der Waals surface area contributed by atoms with Gasteiger partial charge in [0.05, 0.1) is 12.0 Å². The molecule has 1 amide bonds. The average Bonchev–Trinajstić information content (AvgIpc) is 2.65. The number of esters is 1. The van der Waals surface area contributed by atoms with E-state index in [9.17, 15) is 18.0 Å². The van der Waals surface area contributed by atoms with Gasteiger partial charge in [-0.15, -0.1) is 0 Å². The Kier molecular flexibility index (Phi) is 6.84. The van der Waals surface area contributed by atoms with E-state index in [4.69, 9.17) is 4.74 Å². The van der Waals surface area contributed by atoms with E-state index in [1.807, 2.05) is 35.2 Å². The van der Waals surface area contributed by atoms with Gasteiger partial charge in [-0.2, -0.15) is 0 Å². The molecule has 0 atom stereocenters. The van der Waals surface area contributed by atoms with E-state index in [-0.39, 0.29) is 23.6 Å². The number of benzene rings is 2. The maximum absolute atomic E-state index is 12.0. The van der Waals surface area contributed by atoms with Crippen molar-refractivity contribution in [3.05, 3.63) is 65.7 Å². The molecule has 2 rings (SSSR count). The maximum atomic E-state index is 12.0. The average molecular weight is 378 g/mol. The summed E-state index contributed by atoms with van der Waals surface area (Å²) >= 11 is 0. The van der Waals surface area contributed by atoms with Gasteiger partial charge in [0.2, 0.25) is 0 Å². The largest absolute Gasteiger partial charge is 0.460 e. The monoisotopic (exact) mass is 378 g/mol. The number of carbonyl (C=O) groups excluding carboxylic acids is 2. The van der Waals surface area contributed by atoms with Crippen molar-refractivity contribution in [1.29, 1.82) is 0 Å². The summed E-state index contributed by atoms with van der Waals surface area (Å²) in [5.41, 5.74) is 1.05. The van der Waals surface area contributed by atoms with E-state index in [2.05, 4.69) is 10.2 Å². The topological polar surface area (TPSA) is 111 Å². The Hall–Kier alpha value is -2.75. The van der Waals surface area contributed by atoms with E-state index >= 15 is 0 Å². The molecule has 0 saturated carbocycles. The van der Waals surface area contributed by atoms with Crippen LogP contribution in [0.5, 0.6) is 0 Å². The fourth-order valence-corrected chi connectivity index (χ4v) is 2.80. The van der Waals surface area contributed by atoms with Crippen LogP contribution in [0.1, 0.15) is 15.9 Å². The highest BCUT2D eigenvalue weighted by atomic mass is 32.2. The number of sulfonamides is 1. The highest BCUT2D eigenvalue weighted by molar-refractivity contribution is 7.89. The minimum atomic E-state index is -3.79. The lowest BCUT2D eigenvalue weighted by molar-refractivity contribution is -0.143. The second kappa shape index (κ2) is 9.09. The zero-order chi connectivity index (χ0) is 19.0. The van der Waals surface area contributed by atoms with Crippen molar-refractivity contribution in [3.63, 3.8) is 0 Å². The molecule has 0 aliphatic carbocycles. The molecular weight excluding hydrogens is 360 g/mol. The van der Waals surface area contributed by atoms with E-state index in [0.717, 1.165) is 5.56 Å². The predicted molar refractivity (Wildman–Crippen MR) is 92.3 cm³/mol. The molecule has 0 fully saturated rings. The van der Waals surface area contributed by atoms with Crippen LogP contribution in [0, 0.1) is 0 Å². The second-order valence-electron chi connectivity index (χ2n) is 5.14. The van der Waals surface area contributed by atoms with Gasteiger partial charge < -0.3 is 10.1 Å². The Bertz CT molecular complexity index is 851. The van der Waals surface area contributed by atoms with E-state index in [1.165, 1.54) is 31.4 Å². The van der Waals surface area contributed by atoms with Gasteiger partial charge in [0.25, 0.3) is 15.9 Å². The standard InChI is InChI=1S/C17H18N2O6S/c1-24-19-26(22,23)15-9-7-14(8-10-15)17(21)18-11-16(20)25-12-13-5-3-2-4-6-13/h2-10,19H,11-12H2,1H3,(H,18,21). The third-order valence-electron chi connectivity index (χ3n) is 3.26. The molecule has 0 aromatic heterocycles. The number of ether oxygens (including phenoxy) is 1. The SMILES string of the molecule is CONS(=O)(=O)c1ccc(C(=O)NCC(=O)OCc2ccccc2)cc1. The van der Waals surface area contributed by atoms with Gasteiger partial charge in [0.15, 0.2) is 0 Å². The predicted octanol–water partition coefficient (Wildman–Crippen LogP) is 0.999. The van der Waals surface area contributed by atoms with Crippen LogP contribution >= 0.6 is 0 Å². The molecule has 0 spiro atoms. The molecule has 0 bridgehead atoms. The first kappa shape index (κ1) is 19.6. The number of hydrogen-bond acceptors (Lipinski definition) is 6.